The van der Waals surface area contributed by atoms with E-state index in [9.17, 15) is 0 Å². The summed E-state index contributed by atoms with van der Waals surface area (Å²) in [6.45, 7) is 4.42. The molecule has 0 radical (unpaired) electrons. The summed E-state index contributed by atoms with van der Waals surface area (Å²) in [6.07, 6.45) is 2.15. The van der Waals surface area contributed by atoms with Gasteiger partial charge in [0.15, 0.2) is 0 Å². The van der Waals surface area contributed by atoms with Gasteiger partial charge in [-0.25, -0.2) is 0 Å². The second-order valence-electron chi connectivity index (χ2n) is 5.47. The third-order valence-corrected chi connectivity index (χ3v) is 5.31. The zero-order valence-corrected chi connectivity index (χ0v) is 13.4. The third kappa shape index (κ3) is 3.15. The molecule has 1 aromatic heterocycles. The minimum Gasteiger partial charge on any atom is -0.353 e. The lowest BCUT2D eigenvalue weighted by Crippen LogP contribution is -2.15. The highest BCUT2D eigenvalue weighted by Crippen LogP contribution is 2.38. The summed E-state index contributed by atoms with van der Waals surface area (Å²) < 4.78 is 0. The lowest BCUT2D eigenvalue weighted by atomic mass is 10.0. The number of nitrogens with zero attached hydrogens (tertiary/aromatic N) is 2. The van der Waals surface area contributed by atoms with Crippen molar-refractivity contribution in [2.75, 3.05) is 11.1 Å². The molecule has 5 heteroatoms. The standard InChI is InChI=1S/C15H19N3S2/c1-10(2)9-14-17-18-15(20-14)16-12-7-8-19-13-6-4-3-5-11(12)13/h3-6,10,12H,7-9H2,1-2H3,(H,16,18). The molecular formula is C15H19N3S2. The van der Waals surface area contributed by atoms with Crippen molar-refractivity contribution < 1.29 is 0 Å². The van der Waals surface area contributed by atoms with Gasteiger partial charge in [0.25, 0.3) is 0 Å². The molecule has 1 N–H and O–H groups in total. The van der Waals surface area contributed by atoms with E-state index in [1.165, 1.54) is 10.5 Å². The Morgan fingerprint density at radius 1 is 1.30 bits per heavy atom. The molecule has 0 saturated heterocycles. The molecule has 0 amide bonds. The minimum atomic E-state index is 0.368. The highest BCUT2D eigenvalue weighted by atomic mass is 32.2. The Balaban J connectivity index is 1.74. The molecule has 1 aromatic carbocycles. The average molecular weight is 305 g/mol. The second-order valence-corrected chi connectivity index (χ2v) is 7.67. The lowest BCUT2D eigenvalue weighted by Gasteiger charge is -2.25. The first kappa shape index (κ1) is 13.9. The van der Waals surface area contributed by atoms with Crippen molar-refractivity contribution in [1.82, 2.24) is 10.2 Å². The summed E-state index contributed by atoms with van der Waals surface area (Å²) in [5.41, 5.74) is 1.39. The van der Waals surface area contributed by atoms with E-state index in [2.05, 4.69) is 53.6 Å². The largest absolute Gasteiger partial charge is 0.353 e. The summed E-state index contributed by atoms with van der Waals surface area (Å²) in [6, 6.07) is 9.02. The van der Waals surface area contributed by atoms with Gasteiger partial charge in [-0.2, -0.15) is 0 Å². The van der Waals surface area contributed by atoms with Gasteiger partial charge in [-0.15, -0.1) is 22.0 Å². The van der Waals surface area contributed by atoms with Crippen LogP contribution in [-0.2, 0) is 6.42 Å². The van der Waals surface area contributed by atoms with E-state index in [0.29, 0.717) is 12.0 Å². The van der Waals surface area contributed by atoms with Crippen LogP contribution in [0.15, 0.2) is 29.2 Å². The molecule has 0 fully saturated rings. The molecule has 0 aliphatic carbocycles. The molecule has 20 heavy (non-hydrogen) atoms. The van der Waals surface area contributed by atoms with Crippen molar-refractivity contribution in [1.29, 1.82) is 0 Å². The summed E-state index contributed by atoms with van der Waals surface area (Å²) in [4.78, 5) is 1.39. The van der Waals surface area contributed by atoms with Crippen LogP contribution in [0.1, 0.15) is 36.9 Å². The van der Waals surface area contributed by atoms with Crippen LogP contribution in [0.3, 0.4) is 0 Å². The van der Waals surface area contributed by atoms with Gasteiger partial charge in [0.2, 0.25) is 5.13 Å². The molecule has 106 valence electrons. The molecule has 3 nitrogen and oxygen atoms in total. The smallest absolute Gasteiger partial charge is 0.206 e. The topological polar surface area (TPSA) is 37.8 Å². The number of aromatic nitrogens is 2. The molecule has 1 aliphatic heterocycles. The SMILES string of the molecule is CC(C)Cc1nnc(NC2CCSc3ccccc32)s1. The first-order valence-corrected chi connectivity index (χ1v) is 8.83. The van der Waals surface area contributed by atoms with Crippen LogP contribution in [0.2, 0.25) is 0 Å². The Kier molecular flexibility index (Phi) is 4.27. The number of nitrogens with one attached hydrogen (secondary N) is 1. The summed E-state index contributed by atoms with van der Waals surface area (Å²) in [7, 11) is 0. The van der Waals surface area contributed by atoms with Crippen LogP contribution in [0.4, 0.5) is 5.13 Å². The summed E-state index contributed by atoms with van der Waals surface area (Å²) in [5.74, 6) is 1.79. The average Bonchev–Trinajstić information content (AvgIpc) is 2.86. The zero-order valence-electron chi connectivity index (χ0n) is 11.8. The van der Waals surface area contributed by atoms with Crippen LogP contribution in [0.25, 0.3) is 0 Å². The van der Waals surface area contributed by atoms with Crippen molar-refractivity contribution in [2.45, 2.75) is 37.6 Å². The lowest BCUT2D eigenvalue weighted by molar-refractivity contribution is 0.639. The second kappa shape index (κ2) is 6.14. The Bertz CT molecular complexity index is 580. The maximum atomic E-state index is 4.29. The van der Waals surface area contributed by atoms with Gasteiger partial charge < -0.3 is 5.32 Å². The molecule has 1 aliphatic rings. The van der Waals surface area contributed by atoms with Gasteiger partial charge in [-0.05, 0) is 24.0 Å². The maximum absolute atomic E-state index is 4.29. The minimum absolute atomic E-state index is 0.368. The maximum Gasteiger partial charge on any atom is 0.206 e. The number of hydrogen-bond acceptors (Lipinski definition) is 5. The molecule has 3 rings (SSSR count). The fraction of sp³-hybridized carbons (Fsp3) is 0.467. The van der Waals surface area contributed by atoms with E-state index < -0.39 is 0 Å². The van der Waals surface area contributed by atoms with E-state index in [-0.39, 0.29) is 0 Å². The van der Waals surface area contributed by atoms with Crippen LogP contribution in [-0.4, -0.2) is 16.0 Å². The number of hydrogen-bond donors (Lipinski definition) is 1. The van der Waals surface area contributed by atoms with E-state index in [0.717, 1.165) is 28.7 Å². The highest BCUT2D eigenvalue weighted by Gasteiger charge is 2.21. The van der Waals surface area contributed by atoms with E-state index >= 15 is 0 Å². The van der Waals surface area contributed by atoms with Gasteiger partial charge in [0.05, 0.1) is 6.04 Å². The Morgan fingerprint density at radius 3 is 3.00 bits per heavy atom. The van der Waals surface area contributed by atoms with Crippen LogP contribution in [0.5, 0.6) is 0 Å². The number of thioether (sulfide) groups is 1. The van der Waals surface area contributed by atoms with E-state index in [1.807, 2.05) is 11.8 Å². The monoisotopic (exact) mass is 305 g/mol. The Morgan fingerprint density at radius 2 is 2.15 bits per heavy atom. The molecule has 2 heterocycles. The summed E-state index contributed by atoms with van der Waals surface area (Å²) >= 11 is 3.63. The van der Waals surface area contributed by atoms with Gasteiger partial charge in [0.1, 0.15) is 5.01 Å². The third-order valence-electron chi connectivity index (χ3n) is 3.31. The number of fused-ring (bicyclic) bond motifs is 1. The molecule has 0 spiro atoms. The Hall–Kier alpha value is -1.07. The molecule has 1 unspecified atom stereocenters. The van der Waals surface area contributed by atoms with Gasteiger partial charge in [-0.1, -0.05) is 43.4 Å². The van der Waals surface area contributed by atoms with Crippen molar-refractivity contribution >= 4 is 28.2 Å². The molecular weight excluding hydrogens is 286 g/mol. The first-order chi connectivity index (χ1) is 9.72. The predicted molar refractivity (Wildman–Crippen MR) is 86.6 cm³/mol. The Labute approximate surface area is 128 Å². The van der Waals surface area contributed by atoms with Gasteiger partial charge in [0, 0.05) is 17.1 Å². The fourth-order valence-corrected chi connectivity index (χ4v) is 4.51. The van der Waals surface area contributed by atoms with Crippen molar-refractivity contribution in [2.24, 2.45) is 5.92 Å². The molecule has 0 saturated carbocycles. The van der Waals surface area contributed by atoms with Crippen molar-refractivity contribution in [3.05, 3.63) is 34.8 Å². The fourth-order valence-electron chi connectivity index (χ4n) is 2.38. The predicted octanol–water partition coefficient (Wildman–Crippen LogP) is 4.39. The normalized spacial score (nSPS) is 18.1. The van der Waals surface area contributed by atoms with E-state index in [1.54, 1.807) is 11.3 Å². The van der Waals surface area contributed by atoms with Crippen molar-refractivity contribution in [3.63, 3.8) is 0 Å². The van der Waals surface area contributed by atoms with Crippen LogP contribution >= 0.6 is 23.1 Å². The zero-order chi connectivity index (χ0) is 13.9. The highest BCUT2D eigenvalue weighted by molar-refractivity contribution is 7.99. The molecule has 0 bridgehead atoms. The molecule has 1 atom stereocenters. The van der Waals surface area contributed by atoms with Gasteiger partial charge >= 0.3 is 0 Å². The number of benzene rings is 1. The van der Waals surface area contributed by atoms with Crippen LogP contribution in [0, 0.1) is 5.92 Å². The van der Waals surface area contributed by atoms with Gasteiger partial charge in [-0.3, -0.25) is 0 Å². The van der Waals surface area contributed by atoms with Crippen LogP contribution < -0.4 is 5.32 Å². The summed E-state index contributed by atoms with van der Waals surface area (Å²) in [5, 5.41) is 14.2. The number of anilines is 1. The molecule has 2 aromatic rings. The number of rotatable bonds is 4. The first-order valence-electron chi connectivity index (χ1n) is 7.03. The quantitative estimate of drug-likeness (QED) is 0.909. The van der Waals surface area contributed by atoms with E-state index in [4.69, 9.17) is 0 Å². The van der Waals surface area contributed by atoms with Crippen molar-refractivity contribution in [3.8, 4) is 0 Å².